The predicted molar refractivity (Wildman–Crippen MR) is 362 cm³/mol. The molecule has 0 radical (unpaired) electrons. The SMILES string of the molecule is CCC(C)(C)C(=O)OCCCSC(C)C(=O)Nc1[nH]c(C=C2N=C(NC(=O)C(C)SC(CC(=O)O)C(=O)O)C(C(=O)OC3C(C(C)(C)C)CC(C)CC3C(C)(C)C)=C2c2ccccc2)c(-c2ccccc2)c1C(=O)OC1C(C(C)(C)C)CC(C)CC1C(C)(C)C. The number of carboxylic acids is 2. The van der Waals surface area contributed by atoms with E-state index in [0.29, 0.717) is 64.6 Å². The molecule has 2 fully saturated rings. The number of aromatic amines is 1. The molecule has 3 aromatic rings. The average Bonchev–Trinajstić information content (AvgIpc) is 1.45. The molecular weight excluding hydrogens is 1180 g/mol. The first-order chi connectivity index (χ1) is 41.7. The van der Waals surface area contributed by atoms with E-state index in [-0.39, 0.29) is 92.0 Å². The van der Waals surface area contributed by atoms with Gasteiger partial charge < -0.3 is 40.0 Å². The van der Waals surface area contributed by atoms with Crippen LogP contribution in [0.3, 0.4) is 0 Å². The maximum atomic E-state index is 15.9. The Kier molecular flexibility index (Phi) is 24.0. The molecule has 5 N–H and O–H groups in total. The maximum Gasteiger partial charge on any atom is 0.342 e. The second-order valence-corrected chi connectivity index (χ2v) is 33.3. The Balaban J connectivity index is 1.61. The number of esters is 3. The number of aromatic nitrogens is 1. The number of anilines is 1. The summed E-state index contributed by atoms with van der Waals surface area (Å²) >= 11 is 2.03. The highest BCUT2D eigenvalue weighted by molar-refractivity contribution is 8.01. The molecule has 0 bridgehead atoms. The third kappa shape index (κ3) is 18.3. The lowest BCUT2D eigenvalue weighted by molar-refractivity contribution is -0.164. The van der Waals surface area contributed by atoms with Crippen LogP contribution in [0.4, 0.5) is 5.82 Å². The Labute approximate surface area is 543 Å². The zero-order valence-electron chi connectivity index (χ0n) is 56.8. The number of thioether (sulfide) groups is 2. The molecule has 16 nitrogen and oxygen atoms in total. The van der Waals surface area contributed by atoms with Crippen molar-refractivity contribution in [2.24, 2.45) is 67.6 Å². The molecule has 2 heterocycles. The molecule has 90 heavy (non-hydrogen) atoms. The van der Waals surface area contributed by atoms with E-state index in [1.165, 1.54) is 18.7 Å². The molecular formula is C72H102N4O12S2. The van der Waals surface area contributed by atoms with Crippen LogP contribution in [0.2, 0.25) is 0 Å². The summed E-state index contributed by atoms with van der Waals surface area (Å²) in [5.74, 6) is -4.72. The van der Waals surface area contributed by atoms with Crippen LogP contribution in [0.15, 0.2) is 76.9 Å². The number of amidine groups is 1. The summed E-state index contributed by atoms with van der Waals surface area (Å²) in [7, 11) is 0. The van der Waals surface area contributed by atoms with Gasteiger partial charge in [0.15, 0.2) is 0 Å². The number of allylic oxidation sites excluding steroid dienone is 1. The highest BCUT2D eigenvalue weighted by Gasteiger charge is 2.51. The molecule has 494 valence electrons. The monoisotopic (exact) mass is 1280 g/mol. The van der Waals surface area contributed by atoms with Gasteiger partial charge in [-0.05, 0) is 123 Å². The fourth-order valence-electron chi connectivity index (χ4n) is 12.8. The van der Waals surface area contributed by atoms with Crippen LogP contribution >= 0.6 is 23.5 Å². The number of nitrogens with one attached hydrogen (secondary N) is 3. The van der Waals surface area contributed by atoms with Crippen molar-refractivity contribution in [3.05, 3.63) is 88.8 Å². The van der Waals surface area contributed by atoms with E-state index in [1.54, 1.807) is 13.0 Å². The van der Waals surface area contributed by atoms with Gasteiger partial charge in [0.1, 0.15) is 40.2 Å². The largest absolute Gasteiger partial charge is 0.481 e. The molecule has 2 aromatic carbocycles. The van der Waals surface area contributed by atoms with Crippen molar-refractivity contribution >= 4 is 88.5 Å². The number of amides is 2. The molecule has 1 aliphatic heterocycles. The third-order valence-electron chi connectivity index (χ3n) is 18.5. The summed E-state index contributed by atoms with van der Waals surface area (Å²) in [6.45, 7) is 39.6. The van der Waals surface area contributed by atoms with Crippen molar-refractivity contribution in [2.45, 2.75) is 204 Å². The lowest BCUT2D eigenvalue weighted by atomic mass is 9.59. The van der Waals surface area contributed by atoms with Gasteiger partial charge in [0.25, 0.3) is 0 Å². The molecule has 7 atom stereocenters. The normalized spacial score (nSPS) is 23.3. The summed E-state index contributed by atoms with van der Waals surface area (Å²) in [4.78, 5) is 107. The van der Waals surface area contributed by atoms with Crippen LogP contribution in [0.5, 0.6) is 0 Å². The number of H-pyrrole nitrogens is 1. The van der Waals surface area contributed by atoms with Crippen molar-refractivity contribution in [3.8, 4) is 11.1 Å². The molecule has 7 unspecified atom stereocenters. The lowest BCUT2D eigenvalue weighted by Crippen LogP contribution is -2.50. The van der Waals surface area contributed by atoms with E-state index in [0.717, 1.165) is 25.7 Å². The highest BCUT2D eigenvalue weighted by atomic mass is 32.2. The highest BCUT2D eigenvalue weighted by Crippen LogP contribution is 2.53. The van der Waals surface area contributed by atoms with Crippen molar-refractivity contribution in [1.29, 1.82) is 0 Å². The summed E-state index contributed by atoms with van der Waals surface area (Å²) in [6, 6.07) is 18.3. The number of nitrogens with zero attached hydrogens (tertiary/aromatic N) is 1. The fraction of sp³-hybridized carbons (Fsp3) is 0.611. The van der Waals surface area contributed by atoms with Gasteiger partial charge >= 0.3 is 29.8 Å². The Morgan fingerprint density at radius 2 is 1.13 bits per heavy atom. The quantitative estimate of drug-likeness (QED) is 0.0357. The Bertz CT molecular complexity index is 3130. The van der Waals surface area contributed by atoms with E-state index in [2.05, 4.69) is 113 Å². The van der Waals surface area contributed by atoms with Crippen molar-refractivity contribution in [1.82, 2.24) is 10.3 Å². The molecule has 18 heteroatoms. The van der Waals surface area contributed by atoms with Gasteiger partial charge in [-0.2, -0.15) is 0 Å². The van der Waals surface area contributed by atoms with Gasteiger partial charge in [-0.15, -0.1) is 23.5 Å². The van der Waals surface area contributed by atoms with E-state index in [4.69, 9.17) is 19.2 Å². The Morgan fingerprint density at radius 3 is 1.59 bits per heavy atom. The van der Waals surface area contributed by atoms with Crippen LogP contribution in [0.25, 0.3) is 22.8 Å². The number of aliphatic carboxylic acids is 2. The second-order valence-electron chi connectivity index (χ2n) is 30.3. The second kappa shape index (κ2) is 29.6. The summed E-state index contributed by atoms with van der Waals surface area (Å²) in [5, 5.41) is 22.4. The van der Waals surface area contributed by atoms with E-state index in [9.17, 15) is 34.2 Å². The topological polar surface area (TPSA) is 240 Å². The van der Waals surface area contributed by atoms with E-state index >= 15 is 9.59 Å². The predicted octanol–water partition coefficient (Wildman–Crippen LogP) is 15.4. The number of hydrogen-bond acceptors (Lipinski definition) is 13. The Morgan fingerprint density at radius 1 is 0.667 bits per heavy atom. The first-order valence-corrected chi connectivity index (χ1v) is 34.1. The van der Waals surface area contributed by atoms with Gasteiger partial charge in [-0.3, -0.25) is 24.0 Å². The number of carbonyl (C=O) groups excluding carboxylic acids is 5. The minimum absolute atomic E-state index is 0.0298. The number of ether oxygens (including phenoxy) is 3. The van der Waals surface area contributed by atoms with Gasteiger partial charge in [0.05, 0.1) is 40.3 Å². The zero-order chi connectivity index (χ0) is 67.2. The Hall–Kier alpha value is -6.14. The number of hydrogen-bond donors (Lipinski definition) is 5. The van der Waals surface area contributed by atoms with Gasteiger partial charge in [-0.25, -0.2) is 14.6 Å². The van der Waals surface area contributed by atoms with Crippen LogP contribution in [-0.4, -0.2) is 103 Å². The van der Waals surface area contributed by atoms with Crippen molar-refractivity contribution in [2.75, 3.05) is 17.7 Å². The lowest BCUT2D eigenvalue weighted by Gasteiger charge is -2.50. The molecule has 2 saturated carbocycles. The van der Waals surface area contributed by atoms with Crippen LogP contribution in [0, 0.1) is 62.6 Å². The summed E-state index contributed by atoms with van der Waals surface area (Å²) in [6.07, 6.45) is 4.25. The maximum absolute atomic E-state index is 15.9. The molecule has 1 aromatic heterocycles. The van der Waals surface area contributed by atoms with Crippen LogP contribution in [0.1, 0.15) is 198 Å². The molecule has 0 spiro atoms. The molecule has 3 aliphatic rings. The number of aliphatic imine (C=N–C) groups is 1. The minimum atomic E-state index is -1.47. The standard InChI is InChI=1S/C72H102N4O12S2/c1-20-72(18,19)67(85)86-32-27-33-89-42(4)62(79)75-60-56(65(83)87-58-46(68(6,7)8)34-40(2)35-47(58)69(9,10)11)54(44-28-23-21-24-29-44)50(73-60)38-51-55(45-30-25-22-26-31-45)57(61(74-51)76-63(80)43(5)90-52(64(81)82)39-53(77)78)66(84)88-59-48(70(12,13)14)36-41(3)37-49(59)71(15,16)17/h21-26,28-31,38,40-43,46-49,52,58-59,73H,20,27,32-37,39H2,1-19H3,(H,75,79)(H,77,78)(H,81,82)(H,74,76,80). The van der Waals surface area contributed by atoms with E-state index in [1.807, 2.05) is 81.4 Å². The van der Waals surface area contributed by atoms with Gasteiger partial charge in [-0.1, -0.05) is 165 Å². The van der Waals surface area contributed by atoms with Crippen molar-refractivity contribution in [3.63, 3.8) is 0 Å². The van der Waals surface area contributed by atoms with Crippen LogP contribution in [-0.2, 0) is 43.0 Å². The summed E-state index contributed by atoms with van der Waals surface area (Å²) < 4.78 is 19.6. The first-order valence-electron chi connectivity index (χ1n) is 32.1. The molecule has 2 aliphatic carbocycles. The van der Waals surface area contributed by atoms with E-state index < -0.39 is 75.5 Å². The summed E-state index contributed by atoms with van der Waals surface area (Å²) in [5.41, 5.74) is 0.501. The van der Waals surface area contributed by atoms with Gasteiger partial charge in [0, 0.05) is 34.8 Å². The molecule has 2 amide bonds. The number of carbonyl (C=O) groups is 7. The number of rotatable bonds is 22. The minimum Gasteiger partial charge on any atom is -0.481 e. The number of carboxylic acid groups (broad SMARTS) is 2. The first kappa shape index (κ1) is 72.9. The molecule has 6 rings (SSSR count). The van der Waals surface area contributed by atoms with Crippen LogP contribution < -0.4 is 10.6 Å². The smallest absolute Gasteiger partial charge is 0.342 e. The molecule has 0 saturated heterocycles. The number of benzene rings is 2. The zero-order valence-corrected chi connectivity index (χ0v) is 58.4. The van der Waals surface area contributed by atoms with Crippen molar-refractivity contribution < 1.29 is 58.0 Å². The average molecular weight is 1280 g/mol. The third-order valence-corrected chi connectivity index (χ3v) is 21.1. The van der Waals surface area contributed by atoms with Gasteiger partial charge in [0.2, 0.25) is 11.8 Å². The fourth-order valence-corrected chi connectivity index (χ4v) is 14.7.